The van der Waals surface area contributed by atoms with Gasteiger partial charge in [0.15, 0.2) is 5.82 Å². The van der Waals surface area contributed by atoms with Crippen LogP contribution in [0.25, 0.3) is 21.9 Å². The van der Waals surface area contributed by atoms with Gasteiger partial charge in [0.1, 0.15) is 0 Å². The summed E-state index contributed by atoms with van der Waals surface area (Å²) in [6, 6.07) is 13.1. The molecule has 1 aromatic heterocycles. The van der Waals surface area contributed by atoms with E-state index in [2.05, 4.69) is 57.8 Å². The lowest BCUT2D eigenvalue weighted by Crippen LogP contribution is -2.49. The van der Waals surface area contributed by atoms with Crippen LogP contribution in [0.1, 0.15) is 35.7 Å². The van der Waals surface area contributed by atoms with Crippen LogP contribution in [0.2, 0.25) is 0 Å². The van der Waals surface area contributed by atoms with Gasteiger partial charge in [-0.2, -0.15) is 5.10 Å². The normalized spacial score (nSPS) is 19.1. The molecule has 3 aromatic rings. The average Bonchev–Trinajstić information content (AvgIpc) is 3.57. The Labute approximate surface area is 176 Å². The Kier molecular flexibility index (Phi) is 4.87. The van der Waals surface area contributed by atoms with Crippen molar-refractivity contribution in [1.29, 1.82) is 0 Å². The number of hydrogen-bond donors (Lipinski definition) is 2. The van der Waals surface area contributed by atoms with E-state index in [1.807, 2.05) is 24.4 Å². The molecule has 2 aromatic carbocycles. The highest BCUT2D eigenvalue weighted by atomic mass is 16.1. The minimum absolute atomic E-state index is 0.0144. The van der Waals surface area contributed by atoms with Gasteiger partial charge in [-0.1, -0.05) is 12.1 Å². The Balaban J connectivity index is 1.50. The molecule has 6 heteroatoms. The van der Waals surface area contributed by atoms with Crippen LogP contribution < -0.4 is 15.5 Å². The van der Waals surface area contributed by atoms with Gasteiger partial charge in [0.2, 0.25) is 0 Å². The number of piperazine rings is 1. The molecule has 154 valence electrons. The molecule has 6 nitrogen and oxygen atoms in total. The number of carbonyl (C=O) groups is 1. The number of fused-ring (bicyclic) bond motifs is 1. The molecule has 0 bridgehead atoms. The maximum absolute atomic E-state index is 12.5. The van der Waals surface area contributed by atoms with Crippen LogP contribution in [-0.4, -0.2) is 47.8 Å². The van der Waals surface area contributed by atoms with Crippen molar-refractivity contribution >= 4 is 22.5 Å². The zero-order valence-corrected chi connectivity index (χ0v) is 17.5. The molecule has 1 atom stereocenters. The number of rotatable bonds is 4. The van der Waals surface area contributed by atoms with E-state index in [0.29, 0.717) is 17.6 Å². The number of nitrogens with one attached hydrogen (secondary N) is 2. The fourth-order valence-electron chi connectivity index (χ4n) is 4.17. The second-order valence-electron chi connectivity index (χ2n) is 8.55. The highest BCUT2D eigenvalue weighted by Crippen LogP contribution is 2.31. The van der Waals surface area contributed by atoms with Gasteiger partial charge in [-0.3, -0.25) is 4.79 Å². The monoisotopic (exact) mass is 401 g/mol. The van der Waals surface area contributed by atoms with Crippen LogP contribution in [0.4, 0.5) is 5.82 Å². The molecule has 1 amide bonds. The largest absolute Gasteiger partial charge is 0.352 e. The van der Waals surface area contributed by atoms with E-state index in [0.717, 1.165) is 65.8 Å². The summed E-state index contributed by atoms with van der Waals surface area (Å²) < 4.78 is 0. The predicted molar refractivity (Wildman–Crippen MR) is 120 cm³/mol. The second-order valence-corrected chi connectivity index (χ2v) is 8.55. The molecule has 2 heterocycles. The van der Waals surface area contributed by atoms with Gasteiger partial charge in [-0.15, -0.1) is 5.10 Å². The first-order chi connectivity index (χ1) is 14.6. The Morgan fingerprint density at radius 1 is 1.20 bits per heavy atom. The molecule has 1 aliphatic carbocycles. The van der Waals surface area contributed by atoms with Gasteiger partial charge in [0.25, 0.3) is 5.91 Å². The number of anilines is 1. The fourth-order valence-corrected chi connectivity index (χ4v) is 4.17. The SMILES string of the molecule is Cc1ccc(C(=O)NC2CC2)cc1-c1ccc2c(N3CCN[C@H](C)C3)nncc2c1. The number of hydrogen-bond acceptors (Lipinski definition) is 5. The average molecular weight is 402 g/mol. The topological polar surface area (TPSA) is 70.2 Å². The number of amides is 1. The molecule has 2 aliphatic rings. The first-order valence-corrected chi connectivity index (χ1v) is 10.7. The van der Waals surface area contributed by atoms with Crippen LogP contribution in [-0.2, 0) is 0 Å². The van der Waals surface area contributed by atoms with Crippen LogP contribution in [0, 0.1) is 6.92 Å². The Bertz CT molecular complexity index is 1110. The Morgan fingerprint density at radius 3 is 2.87 bits per heavy atom. The van der Waals surface area contributed by atoms with Crippen molar-refractivity contribution < 1.29 is 4.79 Å². The smallest absolute Gasteiger partial charge is 0.251 e. The standard InChI is InChI=1S/C24H27N5O/c1-15-3-4-18(24(30)27-20-6-7-20)12-22(15)17-5-8-21-19(11-17)13-26-28-23(21)29-10-9-25-16(2)14-29/h3-5,8,11-13,16,20,25H,6-7,9-10,14H2,1-2H3,(H,27,30)/t16-/m1/s1. The lowest BCUT2D eigenvalue weighted by molar-refractivity contribution is 0.0951. The molecule has 0 radical (unpaired) electrons. The van der Waals surface area contributed by atoms with Crippen molar-refractivity contribution in [3.8, 4) is 11.1 Å². The molecule has 5 rings (SSSR count). The number of aryl methyl sites for hydroxylation is 1. The highest BCUT2D eigenvalue weighted by molar-refractivity contribution is 5.98. The summed E-state index contributed by atoms with van der Waals surface area (Å²) in [5.74, 6) is 0.960. The predicted octanol–water partition coefficient (Wildman–Crippen LogP) is 3.30. The van der Waals surface area contributed by atoms with Crippen molar-refractivity contribution in [2.75, 3.05) is 24.5 Å². The number of aromatic nitrogens is 2. The molecular weight excluding hydrogens is 374 g/mol. The molecule has 1 saturated carbocycles. The Hall–Kier alpha value is -2.99. The molecule has 0 spiro atoms. The van der Waals surface area contributed by atoms with Crippen molar-refractivity contribution in [3.63, 3.8) is 0 Å². The molecule has 2 fully saturated rings. The number of benzene rings is 2. The first kappa shape index (κ1) is 19.0. The highest BCUT2D eigenvalue weighted by Gasteiger charge is 2.24. The van der Waals surface area contributed by atoms with Crippen LogP contribution in [0.5, 0.6) is 0 Å². The summed E-state index contributed by atoms with van der Waals surface area (Å²) in [5.41, 5.74) is 4.03. The zero-order chi connectivity index (χ0) is 20.7. The summed E-state index contributed by atoms with van der Waals surface area (Å²) >= 11 is 0. The maximum atomic E-state index is 12.5. The third kappa shape index (κ3) is 3.75. The summed E-state index contributed by atoms with van der Waals surface area (Å²) in [6.07, 6.45) is 4.00. The Morgan fingerprint density at radius 2 is 2.07 bits per heavy atom. The second kappa shape index (κ2) is 7.69. The van der Waals surface area contributed by atoms with E-state index in [9.17, 15) is 4.79 Å². The first-order valence-electron chi connectivity index (χ1n) is 10.7. The van der Waals surface area contributed by atoms with E-state index in [1.54, 1.807) is 0 Å². The van der Waals surface area contributed by atoms with Gasteiger partial charge in [0.05, 0.1) is 6.20 Å². The quantitative estimate of drug-likeness (QED) is 0.702. The van der Waals surface area contributed by atoms with E-state index in [-0.39, 0.29) is 5.91 Å². The van der Waals surface area contributed by atoms with Crippen LogP contribution >= 0.6 is 0 Å². The van der Waals surface area contributed by atoms with Crippen LogP contribution in [0.15, 0.2) is 42.6 Å². The minimum Gasteiger partial charge on any atom is -0.352 e. The maximum Gasteiger partial charge on any atom is 0.251 e. The minimum atomic E-state index is 0.0144. The van der Waals surface area contributed by atoms with Gasteiger partial charge in [-0.25, -0.2) is 0 Å². The van der Waals surface area contributed by atoms with E-state index < -0.39 is 0 Å². The van der Waals surface area contributed by atoms with Crippen LogP contribution in [0.3, 0.4) is 0 Å². The van der Waals surface area contributed by atoms with Gasteiger partial charge >= 0.3 is 0 Å². The molecule has 2 N–H and O–H groups in total. The molecular formula is C24H27N5O. The molecule has 30 heavy (non-hydrogen) atoms. The van der Waals surface area contributed by atoms with Crippen molar-refractivity contribution in [2.45, 2.75) is 38.8 Å². The van der Waals surface area contributed by atoms with E-state index in [1.165, 1.54) is 0 Å². The van der Waals surface area contributed by atoms with Crippen molar-refractivity contribution in [2.24, 2.45) is 0 Å². The number of carbonyl (C=O) groups excluding carboxylic acids is 1. The molecule has 0 unspecified atom stereocenters. The zero-order valence-electron chi connectivity index (χ0n) is 17.5. The molecule has 1 saturated heterocycles. The summed E-state index contributed by atoms with van der Waals surface area (Å²) in [6.45, 7) is 7.08. The third-order valence-electron chi connectivity index (χ3n) is 6.03. The van der Waals surface area contributed by atoms with Gasteiger partial charge in [0, 0.05) is 48.1 Å². The molecule has 1 aliphatic heterocycles. The summed E-state index contributed by atoms with van der Waals surface area (Å²) in [5, 5.41) is 17.5. The van der Waals surface area contributed by atoms with E-state index in [4.69, 9.17) is 0 Å². The van der Waals surface area contributed by atoms with Crippen molar-refractivity contribution in [1.82, 2.24) is 20.8 Å². The summed E-state index contributed by atoms with van der Waals surface area (Å²) in [7, 11) is 0. The lowest BCUT2D eigenvalue weighted by Gasteiger charge is -2.33. The van der Waals surface area contributed by atoms with Gasteiger partial charge in [-0.05, 0) is 67.6 Å². The summed E-state index contributed by atoms with van der Waals surface area (Å²) in [4.78, 5) is 14.8. The third-order valence-corrected chi connectivity index (χ3v) is 6.03. The lowest BCUT2D eigenvalue weighted by atomic mass is 9.96. The van der Waals surface area contributed by atoms with E-state index >= 15 is 0 Å². The fraction of sp³-hybridized carbons (Fsp3) is 0.375. The van der Waals surface area contributed by atoms with Crippen molar-refractivity contribution in [3.05, 3.63) is 53.7 Å². The number of nitrogens with zero attached hydrogens (tertiary/aromatic N) is 3. The van der Waals surface area contributed by atoms with Gasteiger partial charge < -0.3 is 15.5 Å².